The summed E-state index contributed by atoms with van der Waals surface area (Å²) in [5.74, 6) is 0.716. The number of esters is 1. The third-order valence-corrected chi connectivity index (χ3v) is 6.63. The highest BCUT2D eigenvalue weighted by atomic mass is 32.2. The summed E-state index contributed by atoms with van der Waals surface area (Å²) in [6.07, 6.45) is 0. The summed E-state index contributed by atoms with van der Waals surface area (Å²) in [5.41, 5.74) is 2.32. The Labute approximate surface area is 204 Å². The maximum absolute atomic E-state index is 12.6. The van der Waals surface area contributed by atoms with Gasteiger partial charge in [0.1, 0.15) is 17.2 Å². The van der Waals surface area contributed by atoms with Gasteiger partial charge in [0.05, 0.1) is 18.6 Å². The summed E-state index contributed by atoms with van der Waals surface area (Å²) >= 11 is 2.46. The molecule has 174 valence electrons. The second-order valence-corrected chi connectivity index (χ2v) is 8.97. The molecule has 4 rings (SSSR count). The number of benzene rings is 2. The van der Waals surface area contributed by atoms with Gasteiger partial charge in [-0.15, -0.1) is 21.5 Å². The molecular formula is C24H22N4O4S2. The number of carbonyl (C=O) groups is 2. The Morgan fingerprint density at radius 3 is 2.59 bits per heavy atom. The van der Waals surface area contributed by atoms with Gasteiger partial charge in [0.25, 0.3) is 0 Å². The number of methoxy groups -OCH3 is 1. The largest absolute Gasteiger partial charge is 0.485 e. The summed E-state index contributed by atoms with van der Waals surface area (Å²) in [4.78, 5) is 24.8. The molecule has 0 unspecified atom stereocenters. The molecule has 10 heteroatoms. The Kier molecular flexibility index (Phi) is 7.61. The summed E-state index contributed by atoms with van der Waals surface area (Å²) in [7, 11) is 1.31. The summed E-state index contributed by atoms with van der Waals surface area (Å²) < 4.78 is 12.6. The molecule has 0 fully saturated rings. The zero-order valence-corrected chi connectivity index (χ0v) is 20.2. The molecule has 1 N–H and O–H groups in total. The van der Waals surface area contributed by atoms with Crippen LogP contribution in [0, 0.1) is 6.92 Å². The van der Waals surface area contributed by atoms with Gasteiger partial charge in [-0.25, -0.2) is 4.79 Å². The number of thiophene rings is 1. The SMILES string of the molecule is COC(=O)c1sccc1NC(=O)CSc1nnc(COc2ccccc2C)n1-c1ccccc1. The van der Waals surface area contributed by atoms with Crippen LogP contribution in [0.2, 0.25) is 0 Å². The van der Waals surface area contributed by atoms with Crippen molar-refractivity contribution in [3.8, 4) is 11.4 Å². The standard InChI is InChI=1S/C24H22N4O4S2/c1-16-8-6-7-11-19(16)32-14-20-26-27-24(28(20)17-9-4-3-5-10-17)34-15-21(29)25-18-12-13-33-22(18)23(30)31-2/h3-13H,14-15H2,1-2H3,(H,25,29). The monoisotopic (exact) mass is 494 g/mol. The zero-order chi connectivity index (χ0) is 23.9. The molecule has 2 aromatic carbocycles. The number of para-hydroxylation sites is 2. The van der Waals surface area contributed by atoms with E-state index in [1.165, 1.54) is 30.2 Å². The number of rotatable bonds is 9. The van der Waals surface area contributed by atoms with Crippen LogP contribution in [0.5, 0.6) is 5.75 Å². The molecule has 34 heavy (non-hydrogen) atoms. The highest BCUT2D eigenvalue weighted by molar-refractivity contribution is 7.99. The van der Waals surface area contributed by atoms with Gasteiger partial charge < -0.3 is 14.8 Å². The van der Waals surface area contributed by atoms with Crippen LogP contribution < -0.4 is 10.1 Å². The van der Waals surface area contributed by atoms with Crippen molar-refractivity contribution in [3.63, 3.8) is 0 Å². The Bertz CT molecular complexity index is 1290. The number of hydrogen-bond acceptors (Lipinski definition) is 8. The lowest BCUT2D eigenvalue weighted by molar-refractivity contribution is -0.113. The van der Waals surface area contributed by atoms with Crippen LogP contribution in [-0.2, 0) is 16.1 Å². The van der Waals surface area contributed by atoms with Crippen LogP contribution in [0.1, 0.15) is 21.1 Å². The summed E-state index contributed by atoms with van der Waals surface area (Å²) in [6, 6.07) is 19.1. The van der Waals surface area contributed by atoms with Gasteiger partial charge in [0, 0.05) is 5.69 Å². The number of ether oxygens (including phenoxy) is 2. The molecule has 0 aliphatic rings. The van der Waals surface area contributed by atoms with Crippen molar-refractivity contribution in [2.24, 2.45) is 0 Å². The van der Waals surface area contributed by atoms with Gasteiger partial charge in [0.15, 0.2) is 11.0 Å². The van der Waals surface area contributed by atoms with E-state index in [1.807, 2.05) is 66.1 Å². The van der Waals surface area contributed by atoms with E-state index in [1.54, 1.807) is 11.4 Å². The first-order valence-corrected chi connectivity index (χ1v) is 12.2. The second-order valence-electron chi connectivity index (χ2n) is 7.12. The third-order valence-electron chi connectivity index (χ3n) is 4.81. The lowest BCUT2D eigenvalue weighted by atomic mass is 10.2. The van der Waals surface area contributed by atoms with Gasteiger partial charge in [-0.2, -0.15) is 0 Å². The quantitative estimate of drug-likeness (QED) is 0.265. The molecule has 0 saturated heterocycles. The average molecular weight is 495 g/mol. The lowest BCUT2D eigenvalue weighted by Crippen LogP contribution is -2.16. The van der Waals surface area contributed by atoms with E-state index >= 15 is 0 Å². The molecule has 0 aliphatic carbocycles. The molecule has 0 spiro atoms. The molecule has 8 nitrogen and oxygen atoms in total. The summed E-state index contributed by atoms with van der Waals surface area (Å²) in [6.45, 7) is 2.20. The number of thioether (sulfide) groups is 1. The molecule has 2 heterocycles. The molecular weight excluding hydrogens is 472 g/mol. The lowest BCUT2D eigenvalue weighted by Gasteiger charge is -2.12. The number of hydrogen-bond donors (Lipinski definition) is 1. The van der Waals surface area contributed by atoms with E-state index in [-0.39, 0.29) is 18.3 Å². The molecule has 0 atom stereocenters. The number of nitrogens with zero attached hydrogens (tertiary/aromatic N) is 3. The van der Waals surface area contributed by atoms with Gasteiger partial charge in [-0.1, -0.05) is 48.2 Å². The highest BCUT2D eigenvalue weighted by Gasteiger charge is 2.19. The Morgan fingerprint density at radius 1 is 1.06 bits per heavy atom. The van der Waals surface area contributed by atoms with Crippen molar-refractivity contribution in [3.05, 3.63) is 82.3 Å². The van der Waals surface area contributed by atoms with Crippen molar-refractivity contribution in [1.29, 1.82) is 0 Å². The minimum Gasteiger partial charge on any atom is -0.485 e. The molecule has 0 saturated carbocycles. The fraction of sp³-hybridized carbons (Fsp3) is 0.167. The summed E-state index contributed by atoms with van der Waals surface area (Å²) in [5, 5.41) is 13.7. The van der Waals surface area contributed by atoms with E-state index in [2.05, 4.69) is 15.5 Å². The van der Waals surface area contributed by atoms with Crippen molar-refractivity contribution >= 4 is 40.7 Å². The molecule has 0 aliphatic heterocycles. The average Bonchev–Trinajstić information content (AvgIpc) is 3.49. The molecule has 4 aromatic rings. The van der Waals surface area contributed by atoms with Crippen molar-refractivity contribution in [2.45, 2.75) is 18.7 Å². The number of nitrogens with one attached hydrogen (secondary N) is 1. The fourth-order valence-electron chi connectivity index (χ4n) is 3.16. The number of aryl methyl sites for hydroxylation is 1. The normalized spacial score (nSPS) is 10.6. The van der Waals surface area contributed by atoms with Gasteiger partial charge in [0.2, 0.25) is 5.91 Å². The zero-order valence-electron chi connectivity index (χ0n) is 18.6. The van der Waals surface area contributed by atoms with E-state index in [0.717, 1.165) is 17.0 Å². The molecule has 2 aromatic heterocycles. The minimum atomic E-state index is -0.486. The second kappa shape index (κ2) is 11.0. The van der Waals surface area contributed by atoms with E-state index in [4.69, 9.17) is 9.47 Å². The topological polar surface area (TPSA) is 95.3 Å². The molecule has 0 bridgehead atoms. The smallest absolute Gasteiger partial charge is 0.350 e. The predicted octanol–water partition coefficient (Wildman–Crippen LogP) is 4.73. The first kappa shape index (κ1) is 23.5. The maximum Gasteiger partial charge on any atom is 0.350 e. The Morgan fingerprint density at radius 2 is 1.82 bits per heavy atom. The number of anilines is 1. The van der Waals surface area contributed by atoms with Gasteiger partial charge in [-0.05, 0) is 42.1 Å². The van der Waals surface area contributed by atoms with Crippen LogP contribution in [0.25, 0.3) is 5.69 Å². The minimum absolute atomic E-state index is 0.0834. The van der Waals surface area contributed by atoms with E-state index in [0.29, 0.717) is 21.5 Å². The van der Waals surface area contributed by atoms with Crippen molar-refractivity contribution in [2.75, 3.05) is 18.2 Å². The Balaban J connectivity index is 1.49. The fourth-order valence-corrected chi connectivity index (χ4v) is 4.70. The molecule has 0 radical (unpaired) electrons. The van der Waals surface area contributed by atoms with Crippen LogP contribution in [0.3, 0.4) is 0 Å². The molecule has 1 amide bonds. The number of amides is 1. The van der Waals surface area contributed by atoms with Crippen LogP contribution in [0.15, 0.2) is 71.2 Å². The number of carbonyl (C=O) groups excluding carboxylic acids is 2. The van der Waals surface area contributed by atoms with Gasteiger partial charge >= 0.3 is 5.97 Å². The van der Waals surface area contributed by atoms with Crippen molar-refractivity contribution < 1.29 is 19.1 Å². The first-order valence-electron chi connectivity index (χ1n) is 10.3. The van der Waals surface area contributed by atoms with E-state index < -0.39 is 5.97 Å². The van der Waals surface area contributed by atoms with E-state index in [9.17, 15) is 9.59 Å². The highest BCUT2D eigenvalue weighted by Crippen LogP contribution is 2.26. The van der Waals surface area contributed by atoms with Crippen LogP contribution >= 0.6 is 23.1 Å². The maximum atomic E-state index is 12.6. The van der Waals surface area contributed by atoms with Gasteiger partial charge in [-0.3, -0.25) is 9.36 Å². The Hall–Kier alpha value is -3.63. The van der Waals surface area contributed by atoms with Crippen molar-refractivity contribution in [1.82, 2.24) is 14.8 Å². The predicted molar refractivity (Wildman–Crippen MR) is 132 cm³/mol. The van der Waals surface area contributed by atoms with Crippen LogP contribution in [0.4, 0.5) is 5.69 Å². The van der Waals surface area contributed by atoms with Crippen LogP contribution in [-0.4, -0.2) is 39.5 Å². The number of aromatic nitrogens is 3. The first-order chi connectivity index (χ1) is 16.6. The third kappa shape index (κ3) is 5.46.